The van der Waals surface area contributed by atoms with Gasteiger partial charge >= 0.3 is 35.5 Å². The van der Waals surface area contributed by atoms with Gasteiger partial charge in [0.05, 0.1) is 15.9 Å². The van der Waals surface area contributed by atoms with Gasteiger partial charge in [-0.15, -0.1) is 0 Å². The predicted molar refractivity (Wildman–Crippen MR) is 86.6 cm³/mol. The van der Waals surface area contributed by atoms with Crippen molar-refractivity contribution in [2.75, 3.05) is 5.75 Å². The van der Waals surface area contributed by atoms with Gasteiger partial charge in [0.1, 0.15) is 6.10 Å². The minimum absolute atomic E-state index is 0. The van der Waals surface area contributed by atoms with Crippen molar-refractivity contribution in [3.63, 3.8) is 0 Å². The van der Waals surface area contributed by atoms with Crippen LogP contribution in [0.5, 0.6) is 0 Å². The van der Waals surface area contributed by atoms with Gasteiger partial charge in [0.25, 0.3) is 0 Å². The fraction of sp³-hybridized carbons (Fsp3) is 0.938. The van der Waals surface area contributed by atoms with Crippen LogP contribution in [0.3, 0.4) is 0 Å². The Morgan fingerprint density at radius 1 is 0.957 bits per heavy atom. The number of carbonyl (C=O) groups is 1. The number of esters is 1. The van der Waals surface area contributed by atoms with Gasteiger partial charge in [-0.05, 0) is 12.8 Å². The molecule has 0 saturated heterocycles. The van der Waals surface area contributed by atoms with Crippen molar-refractivity contribution in [3.8, 4) is 0 Å². The summed E-state index contributed by atoms with van der Waals surface area (Å²) < 4.78 is 37.2. The molecule has 23 heavy (non-hydrogen) atoms. The van der Waals surface area contributed by atoms with Crippen LogP contribution in [0.15, 0.2) is 0 Å². The summed E-state index contributed by atoms with van der Waals surface area (Å²) in [5.41, 5.74) is 0. The second-order valence-corrected chi connectivity index (χ2v) is 7.38. The molecule has 0 fully saturated rings. The average Bonchev–Trinajstić information content (AvgIpc) is 2.38. The molecule has 5 nitrogen and oxygen atoms in total. The van der Waals surface area contributed by atoms with E-state index in [1.54, 1.807) is 0 Å². The summed E-state index contributed by atoms with van der Waals surface area (Å²) in [5, 5.41) is 0. The molecule has 0 aromatic carbocycles. The number of unbranched alkanes of at least 4 members (excludes halogenated alkanes) is 9. The van der Waals surface area contributed by atoms with E-state index in [-0.39, 0.29) is 29.6 Å². The second kappa shape index (κ2) is 15.9. The first-order valence-corrected chi connectivity index (χ1v) is 10.0. The van der Waals surface area contributed by atoms with E-state index >= 15 is 0 Å². The van der Waals surface area contributed by atoms with Crippen molar-refractivity contribution in [2.24, 2.45) is 0 Å². The van der Waals surface area contributed by atoms with Gasteiger partial charge in [-0.2, -0.15) is 0 Å². The van der Waals surface area contributed by atoms with Crippen molar-refractivity contribution in [1.82, 2.24) is 0 Å². The minimum Gasteiger partial charge on any atom is -0.748 e. The zero-order valence-corrected chi connectivity index (χ0v) is 17.8. The van der Waals surface area contributed by atoms with E-state index in [2.05, 4.69) is 6.92 Å². The summed E-state index contributed by atoms with van der Waals surface area (Å²) in [6.45, 7) is 3.43. The third-order valence-electron chi connectivity index (χ3n) is 3.60. The topological polar surface area (TPSA) is 83.5 Å². The molecule has 0 N–H and O–H groups in total. The predicted octanol–water partition coefficient (Wildman–Crippen LogP) is 0.778. The molecule has 7 heteroatoms. The first-order chi connectivity index (χ1) is 10.3. The van der Waals surface area contributed by atoms with Crippen LogP contribution < -0.4 is 29.6 Å². The van der Waals surface area contributed by atoms with Gasteiger partial charge in [-0.25, -0.2) is 8.42 Å². The molecule has 0 aliphatic heterocycles. The molecule has 1 atom stereocenters. The molecule has 0 amide bonds. The minimum atomic E-state index is -4.36. The Morgan fingerprint density at radius 3 is 1.78 bits per heavy atom. The number of carbonyl (C=O) groups excluding carboxylic acids is 1. The Hall–Kier alpha value is 0.380. The van der Waals surface area contributed by atoms with E-state index in [1.807, 2.05) is 0 Å². The number of hydrogen-bond donors (Lipinski definition) is 0. The van der Waals surface area contributed by atoms with E-state index < -0.39 is 27.9 Å². The molecule has 0 heterocycles. The Balaban J connectivity index is 0. The van der Waals surface area contributed by atoms with Crippen molar-refractivity contribution in [2.45, 2.75) is 90.6 Å². The SMILES string of the molecule is CCCCCCCCCCCCC(CS(=O)(=O)[O-])OC(C)=O.[Na+]. The van der Waals surface area contributed by atoms with Gasteiger partial charge in [0.2, 0.25) is 0 Å². The number of ether oxygens (including phenoxy) is 1. The van der Waals surface area contributed by atoms with Gasteiger partial charge in [0, 0.05) is 6.92 Å². The molecular weight excluding hydrogens is 327 g/mol. The van der Waals surface area contributed by atoms with E-state index in [0.29, 0.717) is 6.42 Å². The molecule has 0 rings (SSSR count). The summed E-state index contributed by atoms with van der Waals surface area (Å²) in [6, 6.07) is 0. The molecule has 0 aliphatic carbocycles. The average molecular weight is 358 g/mol. The molecule has 0 saturated carbocycles. The van der Waals surface area contributed by atoms with E-state index in [1.165, 1.54) is 51.9 Å². The van der Waals surface area contributed by atoms with Crippen LogP contribution in [-0.4, -0.2) is 30.8 Å². The first kappa shape index (κ1) is 25.6. The maximum atomic E-state index is 10.9. The molecule has 0 aromatic rings. The van der Waals surface area contributed by atoms with Gasteiger partial charge < -0.3 is 9.29 Å². The standard InChI is InChI=1S/C16H32O5S.Na/c1-3-4-5-6-7-8-9-10-11-12-13-16(21-15(2)17)14-22(18,19)20;/h16H,3-14H2,1-2H3,(H,18,19,20);/q;+1/p-1. The Labute approximate surface area is 164 Å². The fourth-order valence-corrected chi connectivity index (χ4v) is 3.19. The Morgan fingerprint density at radius 2 is 1.39 bits per heavy atom. The summed E-state index contributed by atoms with van der Waals surface area (Å²) in [5.74, 6) is -1.16. The molecule has 0 radical (unpaired) electrons. The first-order valence-electron chi connectivity index (χ1n) is 8.46. The number of rotatable bonds is 14. The van der Waals surface area contributed by atoms with E-state index in [4.69, 9.17) is 4.74 Å². The monoisotopic (exact) mass is 358 g/mol. The van der Waals surface area contributed by atoms with Crippen LogP contribution in [0, 0.1) is 0 Å². The molecule has 0 spiro atoms. The fourth-order valence-electron chi connectivity index (χ4n) is 2.50. The molecule has 0 aliphatic rings. The smallest absolute Gasteiger partial charge is 0.748 e. The van der Waals surface area contributed by atoms with Crippen molar-refractivity contribution in [1.29, 1.82) is 0 Å². The third kappa shape index (κ3) is 20.3. The Kier molecular flexibility index (Phi) is 17.7. The van der Waals surface area contributed by atoms with Crippen LogP contribution in [0.1, 0.15) is 84.5 Å². The van der Waals surface area contributed by atoms with Crippen LogP contribution in [-0.2, 0) is 19.6 Å². The van der Waals surface area contributed by atoms with E-state index in [0.717, 1.165) is 19.3 Å². The largest absolute Gasteiger partial charge is 1.00 e. The molecule has 1 unspecified atom stereocenters. The molecule has 132 valence electrons. The molecule has 0 bridgehead atoms. The van der Waals surface area contributed by atoms with Crippen molar-refractivity contribution in [3.05, 3.63) is 0 Å². The van der Waals surface area contributed by atoms with Gasteiger partial charge in [0.15, 0.2) is 0 Å². The van der Waals surface area contributed by atoms with Crippen LogP contribution in [0.25, 0.3) is 0 Å². The van der Waals surface area contributed by atoms with E-state index in [9.17, 15) is 17.8 Å². The van der Waals surface area contributed by atoms with Gasteiger partial charge in [-0.1, -0.05) is 64.7 Å². The number of hydrogen-bond acceptors (Lipinski definition) is 5. The van der Waals surface area contributed by atoms with Crippen LogP contribution in [0.2, 0.25) is 0 Å². The summed E-state index contributed by atoms with van der Waals surface area (Å²) in [7, 11) is -4.36. The zero-order valence-electron chi connectivity index (χ0n) is 15.0. The zero-order chi connectivity index (χ0) is 16.8. The summed E-state index contributed by atoms with van der Waals surface area (Å²) >= 11 is 0. The summed E-state index contributed by atoms with van der Waals surface area (Å²) in [6.07, 6.45) is 11.4. The van der Waals surface area contributed by atoms with Gasteiger partial charge in [-0.3, -0.25) is 4.79 Å². The maximum Gasteiger partial charge on any atom is 1.00 e. The maximum absolute atomic E-state index is 10.9. The Bertz CT molecular complexity index is 384. The van der Waals surface area contributed by atoms with Crippen LogP contribution >= 0.6 is 0 Å². The normalized spacial score (nSPS) is 12.5. The summed E-state index contributed by atoms with van der Waals surface area (Å²) in [4.78, 5) is 10.9. The third-order valence-corrected chi connectivity index (χ3v) is 4.38. The quantitative estimate of drug-likeness (QED) is 0.198. The van der Waals surface area contributed by atoms with Crippen molar-refractivity contribution < 1.29 is 52.1 Å². The second-order valence-electron chi connectivity index (χ2n) is 5.93. The molecular formula is C16H31NaO5S. The van der Waals surface area contributed by atoms with Crippen LogP contribution in [0.4, 0.5) is 0 Å². The molecule has 0 aromatic heterocycles. The van der Waals surface area contributed by atoms with Crippen molar-refractivity contribution >= 4 is 16.1 Å².